The van der Waals surface area contributed by atoms with Gasteiger partial charge in [0.2, 0.25) is 0 Å². The number of carbonyl (C=O) groups is 1. The first-order valence-corrected chi connectivity index (χ1v) is 5.81. The quantitative estimate of drug-likeness (QED) is 0.623. The summed E-state index contributed by atoms with van der Waals surface area (Å²) in [6.07, 6.45) is 7.06. The average molecular weight is 197 g/mol. The highest BCUT2D eigenvalue weighted by atomic mass is 16.2. The maximum absolute atomic E-state index is 11.4. The lowest BCUT2D eigenvalue weighted by molar-refractivity contribution is 0.207. The van der Waals surface area contributed by atoms with Gasteiger partial charge in [-0.05, 0) is 19.3 Å². The van der Waals surface area contributed by atoms with Crippen LogP contribution in [0.15, 0.2) is 0 Å². The van der Waals surface area contributed by atoms with E-state index in [1.54, 1.807) is 0 Å². The largest absolute Gasteiger partial charge is 0.338 e. The molecule has 0 aromatic carbocycles. The minimum atomic E-state index is 0.0130. The van der Waals surface area contributed by atoms with Crippen molar-refractivity contribution in [3.05, 3.63) is 0 Å². The molecular formula is C11H21N2O. The van der Waals surface area contributed by atoms with E-state index in [1.807, 2.05) is 4.90 Å². The van der Waals surface area contributed by atoms with Crippen LogP contribution in [0.4, 0.5) is 4.79 Å². The number of carbonyl (C=O) groups excluding carboxylic acids is 1. The van der Waals surface area contributed by atoms with E-state index < -0.39 is 0 Å². The number of hydrogen-bond donors (Lipinski definition) is 0. The summed E-state index contributed by atoms with van der Waals surface area (Å²) in [6.45, 7) is 4.73. The normalized spacial score (nSPS) is 15.9. The van der Waals surface area contributed by atoms with Gasteiger partial charge in [-0.2, -0.15) is 0 Å². The lowest BCUT2D eigenvalue weighted by Crippen LogP contribution is -2.33. The second kappa shape index (κ2) is 6.68. The van der Waals surface area contributed by atoms with Gasteiger partial charge in [0.15, 0.2) is 0 Å². The summed E-state index contributed by atoms with van der Waals surface area (Å²) in [5.41, 5.74) is 0. The van der Waals surface area contributed by atoms with Gasteiger partial charge in [0.05, 0.1) is 0 Å². The molecule has 1 rings (SSSR count). The van der Waals surface area contributed by atoms with Gasteiger partial charge in [-0.1, -0.05) is 26.2 Å². The smallest absolute Gasteiger partial charge is 0.323 e. The molecule has 0 unspecified atom stereocenters. The van der Waals surface area contributed by atoms with Crippen molar-refractivity contribution in [2.75, 3.05) is 19.6 Å². The Balaban J connectivity index is 1.97. The Labute approximate surface area is 86.9 Å². The molecule has 0 aromatic heterocycles. The van der Waals surface area contributed by atoms with Gasteiger partial charge in [0.1, 0.15) is 0 Å². The second-order valence-electron chi connectivity index (χ2n) is 3.92. The van der Waals surface area contributed by atoms with Crippen LogP contribution in [0.25, 0.3) is 0 Å². The molecule has 81 valence electrons. The Morgan fingerprint density at radius 1 is 1.21 bits per heavy atom. The van der Waals surface area contributed by atoms with E-state index in [4.69, 9.17) is 0 Å². The van der Waals surface area contributed by atoms with E-state index in [0.29, 0.717) is 0 Å². The van der Waals surface area contributed by atoms with Crippen LogP contribution in [0.5, 0.6) is 0 Å². The standard InChI is InChI=1S/C11H21N2O/c1-2-3-4-5-8-12-11(14)13-9-6-7-10-13/h2-10H2,1H3. The van der Waals surface area contributed by atoms with Crippen LogP contribution < -0.4 is 5.32 Å². The van der Waals surface area contributed by atoms with Gasteiger partial charge in [-0.3, -0.25) is 0 Å². The first-order chi connectivity index (χ1) is 6.84. The number of unbranched alkanes of at least 4 members (excludes halogenated alkanes) is 3. The van der Waals surface area contributed by atoms with Crippen molar-refractivity contribution in [1.29, 1.82) is 0 Å². The molecule has 1 radical (unpaired) electrons. The molecule has 0 saturated carbocycles. The van der Waals surface area contributed by atoms with E-state index in [1.165, 1.54) is 19.3 Å². The topological polar surface area (TPSA) is 34.4 Å². The van der Waals surface area contributed by atoms with E-state index in [0.717, 1.165) is 38.9 Å². The molecule has 0 spiro atoms. The lowest BCUT2D eigenvalue weighted by Gasteiger charge is -2.13. The van der Waals surface area contributed by atoms with Crippen LogP contribution in [0, 0.1) is 0 Å². The fraction of sp³-hybridized carbons (Fsp3) is 0.909. The third-order valence-corrected chi connectivity index (χ3v) is 2.64. The van der Waals surface area contributed by atoms with Crippen molar-refractivity contribution in [3.63, 3.8) is 0 Å². The number of rotatable bonds is 5. The van der Waals surface area contributed by atoms with Gasteiger partial charge in [-0.15, -0.1) is 0 Å². The van der Waals surface area contributed by atoms with Crippen molar-refractivity contribution in [2.45, 2.75) is 45.4 Å². The molecule has 1 fully saturated rings. The van der Waals surface area contributed by atoms with Gasteiger partial charge in [-0.25, -0.2) is 10.1 Å². The minimum absolute atomic E-state index is 0.0130. The van der Waals surface area contributed by atoms with Crippen LogP contribution in [0.2, 0.25) is 0 Å². The van der Waals surface area contributed by atoms with E-state index in [2.05, 4.69) is 12.2 Å². The molecular weight excluding hydrogens is 176 g/mol. The third kappa shape index (κ3) is 3.99. The molecule has 0 N–H and O–H groups in total. The highest BCUT2D eigenvalue weighted by Crippen LogP contribution is 2.07. The van der Waals surface area contributed by atoms with Crippen LogP contribution >= 0.6 is 0 Å². The van der Waals surface area contributed by atoms with Crippen molar-refractivity contribution in [1.82, 2.24) is 10.2 Å². The molecule has 3 heteroatoms. The first-order valence-electron chi connectivity index (χ1n) is 5.81. The zero-order chi connectivity index (χ0) is 10.2. The van der Waals surface area contributed by atoms with E-state index >= 15 is 0 Å². The first kappa shape index (κ1) is 11.3. The van der Waals surface area contributed by atoms with E-state index in [9.17, 15) is 4.79 Å². The zero-order valence-electron chi connectivity index (χ0n) is 9.17. The summed E-state index contributed by atoms with van der Waals surface area (Å²) in [6, 6.07) is 0.0130. The van der Waals surface area contributed by atoms with Crippen molar-refractivity contribution in [2.24, 2.45) is 0 Å². The number of hydrogen-bond acceptors (Lipinski definition) is 1. The highest BCUT2D eigenvalue weighted by Gasteiger charge is 2.17. The van der Waals surface area contributed by atoms with Crippen LogP contribution in [0.3, 0.4) is 0 Å². The number of amides is 2. The summed E-state index contributed by atoms with van der Waals surface area (Å²) in [7, 11) is 0. The fourth-order valence-electron chi connectivity index (χ4n) is 1.72. The van der Waals surface area contributed by atoms with Gasteiger partial charge in [0, 0.05) is 19.6 Å². The van der Waals surface area contributed by atoms with Gasteiger partial charge >= 0.3 is 6.03 Å². The zero-order valence-corrected chi connectivity index (χ0v) is 9.17. The average Bonchev–Trinajstić information content (AvgIpc) is 2.70. The Kier molecular flexibility index (Phi) is 5.42. The maximum atomic E-state index is 11.4. The summed E-state index contributed by atoms with van der Waals surface area (Å²) in [4.78, 5) is 13.3. The molecule has 1 saturated heterocycles. The summed E-state index contributed by atoms with van der Waals surface area (Å²) in [5, 5.41) is 4.06. The predicted octanol–water partition coefficient (Wildman–Crippen LogP) is 2.39. The molecule has 0 atom stereocenters. The molecule has 0 bridgehead atoms. The molecule has 3 nitrogen and oxygen atoms in total. The third-order valence-electron chi connectivity index (χ3n) is 2.64. The summed E-state index contributed by atoms with van der Waals surface area (Å²) in [5.74, 6) is 0. The number of nitrogens with zero attached hydrogens (tertiary/aromatic N) is 2. The summed E-state index contributed by atoms with van der Waals surface area (Å²) >= 11 is 0. The molecule has 0 aromatic rings. The van der Waals surface area contributed by atoms with Gasteiger partial charge < -0.3 is 4.90 Å². The molecule has 14 heavy (non-hydrogen) atoms. The van der Waals surface area contributed by atoms with Crippen LogP contribution in [0.1, 0.15) is 45.4 Å². The molecule has 2 amide bonds. The van der Waals surface area contributed by atoms with Crippen molar-refractivity contribution >= 4 is 6.03 Å². The number of urea groups is 1. The highest BCUT2D eigenvalue weighted by molar-refractivity contribution is 5.74. The second-order valence-corrected chi connectivity index (χ2v) is 3.92. The van der Waals surface area contributed by atoms with E-state index in [-0.39, 0.29) is 6.03 Å². The predicted molar refractivity (Wildman–Crippen MR) is 57.3 cm³/mol. The minimum Gasteiger partial charge on any atom is -0.323 e. The Morgan fingerprint density at radius 2 is 1.93 bits per heavy atom. The molecule has 1 heterocycles. The number of likely N-dealkylation sites (tertiary alicyclic amines) is 1. The lowest BCUT2D eigenvalue weighted by atomic mass is 10.2. The molecule has 1 aliphatic rings. The van der Waals surface area contributed by atoms with Gasteiger partial charge in [0.25, 0.3) is 0 Å². The van der Waals surface area contributed by atoms with Crippen molar-refractivity contribution < 1.29 is 4.79 Å². The summed E-state index contributed by atoms with van der Waals surface area (Å²) < 4.78 is 0. The Bertz CT molecular complexity index is 165. The Morgan fingerprint density at radius 3 is 2.57 bits per heavy atom. The van der Waals surface area contributed by atoms with Crippen LogP contribution in [-0.2, 0) is 0 Å². The fourth-order valence-corrected chi connectivity index (χ4v) is 1.72. The van der Waals surface area contributed by atoms with Crippen molar-refractivity contribution in [3.8, 4) is 0 Å². The molecule has 1 aliphatic heterocycles. The SMILES string of the molecule is CCCCCC[N]C(=O)N1CCCC1. The maximum Gasteiger partial charge on any atom is 0.338 e. The monoisotopic (exact) mass is 197 g/mol. The Hall–Kier alpha value is -0.730. The molecule has 0 aliphatic carbocycles. The van der Waals surface area contributed by atoms with Crippen LogP contribution in [-0.4, -0.2) is 30.6 Å².